The number of esters is 1. The average molecular weight is 261 g/mol. The summed E-state index contributed by atoms with van der Waals surface area (Å²) in [7, 11) is 0. The first-order chi connectivity index (χ1) is 9.20. The fourth-order valence-electron chi connectivity index (χ4n) is 2.00. The Bertz CT molecular complexity index is 607. The number of carbonyl (C=O) groups is 1. The summed E-state index contributed by atoms with van der Waals surface area (Å²) in [5.74, 6) is 1.000. The second kappa shape index (κ2) is 4.57. The second-order valence-corrected chi connectivity index (χ2v) is 4.66. The summed E-state index contributed by atoms with van der Waals surface area (Å²) in [6, 6.07) is 1.83. The van der Waals surface area contributed by atoms with Gasteiger partial charge in [-0.3, -0.25) is 0 Å². The van der Waals surface area contributed by atoms with E-state index in [0.717, 1.165) is 18.4 Å². The minimum Gasteiger partial charge on any atom is -0.460 e. The average Bonchev–Trinajstić information content (AvgIpc) is 2.99. The quantitative estimate of drug-likeness (QED) is 0.790. The Morgan fingerprint density at radius 1 is 1.53 bits per heavy atom. The smallest absolute Gasteiger partial charge is 0.376 e. The van der Waals surface area contributed by atoms with Crippen LogP contribution in [0.3, 0.4) is 0 Å². The van der Waals surface area contributed by atoms with Gasteiger partial charge in [-0.15, -0.1) is 0 Å². The van der Waals surface area contributed by atoms with Crippen molar-refractivity contribution in [2.24, 2.45) is 0 Å². The summed E-state index contributed by atoms with van der Waals surface area (Å²) in [5.41, 5.74) is 1.63. The van der Waals surface area contributed by atoms with E-state index in [0.29, 0.717) is 29.9 Å². The highest BCUT2D eigenvalue weighted by Gasteiger charge is 2.35. The molecule has 1 fully saturated rings. The van der Waals surface area contributed by atoms with E-state index in [1.165, 1.54) is 0 Å². The van der Waals surface area contributed by atoms with Crippen molar-refractivity contribution in [3.63, 3.8) is 0 Å². The lowest BCUT2D eigenvalue weighted by atomic mass is 10.2. The largest absolute Gasteiger partial charge is 0.460 e. The molecule has 0 aromatic carbocycles. The summed E-state index contributed by atoms with van der Waals surface area (Å²) < 4.78 is 15.9. The Kier molecular flexibility index (Phi) is 2.89. The maximum Gasteiger partial charge on any atom is 0.376 e. The number of hydrogen-bond donors (Lipinski definition) is 0. The Balaban J connectivity index is 2.01. The monoisotopic (exact) mass is 261 g/mol. The highest BCUT2D eigenvalue weighted by atomic mass is 16.5. The van der Waals surface area contributed by atoms with Gasteiger partial charge in [0.1, 0.15) is 0 Å². The van der Waals surface area contributed by atoms with E-state index in [-0.39, 0.29) is 5.76 Å². The Hall–Kier alpha value is -2.04. The predicted molar refractivity (Wildman–Crippen MR) is 66.9 cm³/mol. The van der Waals surface area contributed by atoms with Gasteiger partial charge in [0.05, 0.1) is 18.6 Å². The topological polar surface area (TPSA) is 65.5 Å². The van der Waals surface area contributed by atoms with Crippen molar-refractivity contribution in [2.45, 2.75) is 32.6 Å². The summed E-state index contributed by atoms with van der Waals surface area (Å²) in [6.45, 7) is 3.99. The van der Waals surface area contributed by atoms with Gasteiger partial charge in [-0.1, -0.05) is 0 Å². The van der Waals surface area contributed by atoms with E-state index in [9.17, 15) is 4.79 Å². The standard InChI is InChI=1S/C14H15NO4/c1-3-17-14(16)12-10(9-4-5-9)15-13(19-12)11-8(2)6-7-18-11/h6-7,9H,3-5H2,1-2H3. The van der Waals surface area contributed by atoms with Crippen molar-refractivity contribution < 1.29 is 18.4 Å². The van der Waals surface area contributed by atoms with Gasteiger partial charge in [0, 0.05) is 11.5 Å². The highest BCUT2D eigenvalue weighted by molar-refractivity contribution is 5.88. The van der Waals surface area contributed by atoms with Crippen LogP contribution < -0.4 is 0 Å². The number of aromatic nitrogens is 1. The highest BCUT2D eigenvalue weighted by Crippen LogP contribution is 2.42. The molecule has 19 heavy (non-hydrogen) atoms. The van der Waals surface area contributed by atoms with Crippen molar-refractivity contribution in [3.05, 3.63) is 29.3 Å². The van der Waals surface area contributed by atoms with E-state index in [1.54, 1.807) is 13.2 Å². The lowest BCUT2D eigenvalue weighted by Crippen LogP contribution is -2.05. The molecular formula is C14H15NO4. The van der Waals surface area contributed by atoms with Crippen molar-refractivity contribution in [1.82, 2.24) is 4.98 Å². The molecule has 1 saturated carbocycles. The van der Waals surface area contributed by atoms with Gasteiger partial charge in [0.25, 0.3) is 5.89 Å². The van der Waals surface area contributed by atoms with Crippen LogP contribution in [0.15, 0.2) is 21.2 Å². The van der Waals surface area contributed by atoms with E-state index >= 15 is 0 Å². The number of furan rings is 1. The van der Waals surface area contributed by atoms with Crippen LogP contribution in [-0.4, -0.2) is 17.6 Å². The van der Waals surface area contributed by atoms with Gasteiger partial charge in [-0.05, 0) is 32.8 Å². The van der Waals surface area contributed by atoms with Gasteiger partial charge in [0.2, 0.25) is 5.76 Å². The lowest BCUT2D eigenvalue weighted by molar-refractivity contribution is 0.0489. The van der Waals surface area contributed by atoms with Gasteiger partial charge in [-0.25, -0.2) is 9.78 Å². The van der Waals surface area contributed by atoms with Crippen LogP contribution >= 0.6 is 0 Å². The first kappa shape index (κ1) is 12.0. The van der Waals surface area contributed by atoms with Crippen LogP contribution in [-0.2, 0) is 4.74 Å². The molecule has 1 aliphatic carbocycles. The maximum atomic E-state index is 11.9. The van der Waals surface area contributed by atoms with Gasteiger partial charge in [-0.2, -0.15) is 0 Å². The molecule has 3 rings (SSSR count). The summed E-state index contributed by atoms with van der Waals surface area (Å²) in [5, 5.41) is 0. The molecule has 0 saturated heterocycles. The molecule has 5 heteroatoms. The predicted octanol–water partition coefficient (Wildman–Crippen LogP) is 3.30. The third-order valence-corrected chi connectivity index (χ3v) is 3.13. The Morgan fingerprint density at radius 2 is 2.32 bits per heavy atom. The van der Waals surface area contributed by atoms with E-state index in [4.69, 9.17) is 13.6 Å². The molecule has 0 bridgehead atoms. The Labute approximate surface area is 110 Å². The molecule has 5 nitrogen and oxygen atoms in total. The third kappa shape index (κ3) is 2.16. The van der Waals surface area contributed by atoms with Gasteiger partial charge < -0.3 is 13.6 Å². The molecule has 1 aliphatic rings. The second-order valence-electron chi connectivity index (χ2n) is 4.66. The summed E-state index contributed by atoms with van der Waals surface area (Å²) in [6.07, 6.45) is 3.65. The molecule has 0 spiro atoms. The first-order valence-corrected chi connectivity index (χ1v) is 6.43. The zero-order valence-corrected chi connectivity index (χ0v) is 10.9. The first-order valence-electron chi connectivity index (χ1n) is 6.43. The Morgan fingerprint density at radius 3 is 2.89 bits per heavy atom. The van der Waals surface area contributed by atoms with Crippen LogP contribution in [0.4, 0.5) is 0 Å². The molecular weight excluding hydrogens is 246 g/mol. The number of aryl methyl sites for hydroxylation is 1. The van der Waals surface area contributed by atoms with Gasteiger partial charge in [0.15, 0.2) is 5.76 Å². The third-order valence-electron chi connectivity index (χ3n) is 3.13. The SMILES string of the molecule is CCOC(=O)c1oc(-c2occc2C)nc1C1CC1. The molecule has 2 aromatic rings. The molecule has 0 unspecified atom stereocenters. The summed E-state index contributed by atoms with van der Waals surface area (Å²) in [4.78, 5) is 16.3. The molecule has 0 aliphatic heterocycles. The van der Waals surface area contributed by atoms with Crippen LogP contribution in [0.2, 0.25) is 0 Å². The minimum atomic E-state index is -0.452. The maximum absolute atomic E-state index is 11.9. The normalized spacial score (nSPS) is 14.6. The summed E-state index contributed by atoms with van der Waals surface area (Å²) >= 11 is 0. The molecule has 2 aromatic heterocycles. The van der Waals surface area contributed by atoms with Crippen molar-refractivity contribution >= 4 is 5.97 Å². The van der Waals surface area contributed by atoms with Gasteiger partial charge >= 0.3 is 5.97 Å². The number of nitrogens with zero attached hydrogens (tertiary/aromatic N) is 1. The van der Waals surface area contributed by atoms with Crippen molar-refractivity contribution in [3.8, 4) is 11.7 Å². The molecule has 0 amide bonds. The van der Waals surface area contributed by atoms with E-state index < -0.39 is 5.97 Å². The molecule has 0 radical (unpaired) electrons. The van der Waals surface area contributed by atoms with Crippen molar-refractivity contribution in [2.75, 3.05) is 6.61 Å². The van der Waals surface area contributed by atoms with Crippen LogP contribution in [0.25, 0.3) is 11.7 Å². The number of ether oxygens (including phenoxy) is 1. The van der Waals surface area contributed by atoms with E-state index in [1.807, 2.05) is 13.0 Å². The number of carbonyl (C=O) groups excluding carboxylic acids is 1. The molecule has 0 atom stereocenters. The number of oxazole rings is 1. The fourth-order valence-corrected chi connectivity index (χ4v) is 2.00. The van der Waals surface area contributed by atoms with Crippen LogP contribution in [0, 0.1) is 6.92 Å². The van der Waals surface area contributed by atoms with Crippen LogP contribution in [0.5, 0.6) is 0 Å². The lowest BCUT2D eigenvalue weighted by Gasteiger charge is -1.98. The van der Waals surface area contributed by atoms with E-state index in [2.05, 4.69) is 4.98 Å². The minimum absolute atomic E-state index is 0.218. The molecule has 100 valence electrons. The number of rotatable bonds is 4. The molecule has 2 heterocycles. The molecule has 0 N–H and O–H groups in total. The zero-order valence-electron chi connectivity index (χ0n) is 10.9. The van der Waals surface area contributed by atoms with Crippen molar-refractivity contribution in [1.29, 1.82) is 0 Å². The zero-order chi connectivity index (χ0) is 13.4. The fraction of sp³-hybridized carbons (Fsp3) is 0.429. The number of hydrogen-bond acceptors (Lipinski definition) is 5. The van der Waals surface area contributed by atoms with Crippen LogP contribution in [0.1, 0.15) is 47.5 Å².